The summed E-state index contributed by atoms with van der Waals surface area (Å²) in [4.78, 5) is 2.53. The predicted molar refractivity (Wildman–Crippen MR) is 46.4 cm³/mol. The number of nitrogens with one attached hydrogen (secondary N) is 1. The topological polar surface area (TPSA) is 15.3 Å². The SMILES string of the molecule is CNC1CC2CCCC2N1C. The van der Waals surface area contributed by atoms with Crippen LogP contribution in [0.1, 0.15) is 25.7 Å². The van der Waals surface area contributed by atoms with Gasteiger partial charge in [0.15, 0.2) is 0 Å². The smallest absolute Gasteiger partial charge is 0.0597 e. The van der Waals surface area contributed by atoms with Crippen LogP contribution >= 0.6 is 0 Å². The maximum atomic E-state index is 3.37. The van der Waals surface area contributed by atoms with Gasteiger partial charge in [-0.1, -0.05) is 6.42 Å². The highest BCUT2D eigenvalue weighted by Crippen LogP contribution is 2.38. The Morgan fingerprint density at radius 1 is 1.36 bits per heavy atom. The van der Waals surface area contributed by atoms with E-state index in [9.17, 15) is 0 Å². The second-order valence-electron chi connectivity index (χ2n) is 3.96. The lowest BCUT2D eigenvalue weighted by atomic mass is 10.0. The van der Waals surface area contributed by atoms with Gasteiger partial charge in [-0.2, -0.15) is 0 Å². The summed E-state index contributed by atoms with van der Waals surface area (Å²) in [7, 11) is 4.33. The molecule has 0 aromatic heterocycles. The van der Waals surface area contributed by atoms with Crippen molar-refractivity contribution in [2.45, 2.75) is 37.9 Å². The molecule has 0 bridgehead atoms. The van der Waals surface area contributed by atoms with Crippen molar-refractivity contribution in [3.05, 3.63) is 0 Å². The summed E-state index contributed by atoms with van der Waals surface area (Å²) in [6.07, 6.45) is 6.38. The molecule has 1 saturated carbocycles. The second-order valence-corrected chi connectivity index (χ2v) is 3.96. The summed E-state index contributed by atoms with van der Waals surface area (Å²) in [6.45, 7) is 0. The molecule has 2 rings (SSSR count). The molecule has 3 atom stereocenters. The van der Waals surface area contributed by atoms with Gasteiger partial charge in [0.05, 0.1) is 6.17 Å². The molecule has 0 amide bonds. The zero-order valence-electron chi connectivity index (χ0n) is 7.51. The summed E-state index contributed by atoms with van der Waals surface area (Å²) in [6, 6.07) is 0.896. The molecular weight excluding hydrogens is 136 g/mol. The molecule has 11 heavy (non-hydrogen) atoms. The first-order valence-corrected chi connectivity index (χ1v) is 4.72. The summed E-state index contributed by atoms with van der Waals surface area (Å²) in [5.74, 6) is 0.998. The molecule has 1 heterocycles. The lowest BCUT2D eigenvalue weighted by Gasteiger charge is -2.23. The minimum Gasteiger partial charge on any atom is -0.305 e. The van der Waals surface area contributed by atoms with E-state index in [1.165, 1.54) is 25.7 Å². The van der Waals surface area contributed by atoms with Crippen LogP contribution in [-0.2, 0) is 0 Å². The van der Waals surface area contributed by atoms with Crippen LogP contribution in [0.4, 0.5) is 0 Å². The maximum absolute atomic E-state index is 3.37. The standard InChI is InChI=1S/C9H18N2/c1-10-9-6-7-4-3-5-8(7)11(9)2/h7-10H,3-6H2,1-2H3. The Morgan fingerprint density at radius 2 is 2.18 bits per heavy atom. The molecular formula is C9H18N2. The second kappa shape index (κ2) is 2.76. The molecule has 2 fully saturated rings. The molecule has 1 aliphatic heterocycles. The summed E-state index contributed by atoms with van der Waals surface area (Å²) in [5, 5.41) is 3.37. The number of likely N-dealkylation sites (tertiary alicyclic amines) is 1. The molecule has 0 radical (unpaired) electrons. The number of fused-ring (bicyclic) bond motifs is 1. The predicted octanol–water partition coefficient (Wildman–Crippen LogP) is 1.04. The molecule has 3 unspecified atom stereocenters. The fourth-order valence-corrected chi connectivity index (χ4v) is 2.83. The zero-order chi connectivity index (χ0) is 7.84. The molecule has 2 aliphatic rings. The quantitative estimate of drug-likeness (QED) is 0.607. The average Bonchev–Trinajstić information content (AvgIpc) is 2.53. The molecule has 2 nitrogen and oxygen atoms in total. The fourth-order valence-electron chi connectivity index (χ4n) is 2.83. The minimum absolute atomic E-state index is 0.658. The van der Waals surface area contributed by atoms with Gasteiger partial charge in [0, 0.05) is 6.04 Å². The molecule has 1 N–H and O–H groups in total. The Labute approximate surface area is 69.0 Å². The third-order valence-electron chi connectivity index (χ3n) is 3.49. The molecule has 64 valence electrons. The highest BCUT2D eigenvalue weighted by Gasteiger charge is 2.40. The molecule has 0 aromatic rings. The van der Waals surface area contributed by atoms with Gasteiger partial charge in [0.25, 0.3) is 0 Å². The van der Waals surface area contributed by atoms with Crippen LogP contribution in [0.25, 0.3) is 0 Å². The fraction of sp³-hybridized carbons (Fsp3) is 1.00. The van der Waals surface area contributed by atoms with Gasteiger partial charge < -0.3 is 5.32 Å². The van der Waals surface area contributed by atoms with Crippen molar-refractivity contribution in [1.82, 2.24) is 10.2 Å². The number of hydrogen-bond donors (Lipinski definition) is 1. The van der Waals surface area contributed by atoms with Gasteiger partial charge >= 0.3 is 0 Å². The van der Waals surface area contributed by atoms with Crippen LogP contribution in [0.3, 0.4) is 0 Å². The van der Waals surface area contributed by atoms with E-state index in [1.54, 1.807) is 0 Å². The minimum atomic E-state index is 0.658. The third kappa shape index (κ3) is 1.09. The van der Waals surface area contributed by atoms with Crippen molar-refractivity contribution in [3.63, 3.8) is 0 Å². The lowest BCUT2D eigenvalue weighted by molar-refractivity contribution is 0.213. The van der Waals surface area contributed by atoms with E-state index in [0.29, 0.717) is 6.17 Å². The van der Waals surface area contributed by atoms with Gasteiger partial charge in [-0.25, -0.2) is 0 Å². The van der Waals surface area contributed by atoms with Crippen LogP contribution < -0.4 is 5.32 Å². The van der Waals surface area contributed by atoms with Crippen LogP contribution in [0, 0.1) is 5.92 Å². The van der Waals surface area contributed by atoms with Crippen molar-refractivity contribution >= 4 is 0 Å². The zero-order valence-corrected chi connectivity index (χ0v) is 7.51. The highest BCUT2D eigenvalue weighted by atomic mass is 15.3. The van der Waals surface area contributed by atoms with Crippen molar-refractivity contribution in [1.29, 1.82) is 0 Å². The number of rotatable bonds is 1. The first-order valence-electron chi connectivity index (χ1n) is 4.72. The Bertz CT molecular complexity index is 146. The van der Waals surface area contributed by atoms with Gasteiger partial charge in [-0.3, -0.25) is 4.90 Å². The highest BCUT2D eigenvalue weighted by molar-refractivity contribution is 4.94. The third-order valence-corrected chi connectivity index (χ3v) is 3.49. The van der Waals surface area contributed by atoms with E-state index in [4.69, 9.17) is 0 Å². The first-order chi connectivity index (χ1) is 5.33. The van der Waals surface area contributed by atoms with Crippen molar-refractivity contribution in [2.24, 2.45) is 5.92 Å². The van der Waals surface area contributed by atoms with E-state index in [1.807, 2.05) is 0 Å². The Kier molecular flexibility index (Phi) is 1.90. The number of nitrogens with zero attached hydrogens (tertiary/aromatic N) is 1. The van der Waals surface area contributed by atoms with Crippen LogP contribution in [0.2, 0.25) is 0 Å². The Balaban J connectivity index is 2.04. The molecule has 1 saturated heterocycles. The van der Waals surface area contributed by atoms with Gasteiger partial charge in [-0.15, -0.1) is 0 Å². The molecule has 0 spiro atoms. The van der Waals surface area contributed by atoms with Gasteiger partial charge in [0.2, 0.25) is 0 Å². The van der Waals surface area contributed by atoms with Crippen LogP contribution in [0.15, 0.2) is 0 Å². The summed E-state index contributed by atoms with van der Waals surface area (Å²) in [5.41, 5.74) is 0. The average molecular weight is 154 g/mol. The number of hydrogen-bond acceptors (Lipinski definition) is 2. The van der Waals surface area contributed by atoms with Gasteiger partial charge in [0.1, 0.15) is 0 Å². The Hall–Kier alpha value is -0.0800. The van der Waals surface area contributed by atoms with E-state index < -0.39 is 0 Å². The normalized spacial score (nSPS) is 44.7. The molecule has 1 aliphatic carbocycles. The van der Waals surface area contributed by atoms with Crippen LogP contribution in [0.5, 0.6) is 0 Å². The molecule has 2 heteroatoms. The van der Waals surface area contributed by atoms with Crippen LogP contribution in [-0.4, -0.2) is 31.2 Å². The van der Waals surface area contributed by atoms with E-state index >= 15 is 0 Å². The van der Waals surface area contributed by atoms with Crippen molar-refractivity contribution in [2.75, 3.05) is 14.1 Å². The maximum Gasteiger partial charge on any atom is 0.0597 e. The summed E-state index contributed by atoms with van der Waals surface area (Å²) < 4.78 is 0. The van der Waals surface area contributed by atoms with E-state index in [0.717, 1.165) is 12.0 Å². The molecule has 0 aromatic carbocycles. The monoisotopic (exact) mass is 154 g/mol. The van der Waals surface area contributed by atoms with E-state index in [2.05, 4.69) is 24.3 Å². The van der Waals surface area contributed by atoms with Crippen molar-refractivity contribution < 1.29 is 0 Å². The largest absolute Gasteiger partial charge is 0.305 e. The van der Waals surface area contributed by atoms with E-state index in [-0.39, 0.29) is 0 Å². The summed E-state index contributed by atoms with van der Waals surface area (Å²) >= 11 is 0. The van der Waals surface area contributed by atoms with Crippen molar-refractivity contribution in [3.8, 4) is 0 Å². The Morgan fingerprint density at radius 3 is 2.82 bits per heavy atom. The first kappa shape index (κ1) is 7.56. The van der Waals surface area contributed by atoms with Gasteiger partial charge in [-0.05, 0) is 39.3 Å². The lowest BCUT2D eigenvalue weighted by Crippen LogP contribution is -2.39.